The number of benzene rings is 2. The van der Waals surface area contributed by atoms with Crippen molar-refractivity contribution in [1.29, 1.82) is 0 Å². The molecule has 4 atom stereocenters. The molecule has 5 heteroatoms. The van der Waals surface area contributed by atoms with E-state index >= 15 is 0 Å². The SMILES string of the molecule is COC(=O)C1CCC(C(=O)Oc2ccc(Sc3ccc(C)cc3)cc2)C2CCCCC12. The summed E-state index contributed by atoms with van der Waals surface area (Å²) in [4.78, 5) is 27.5. The molecule has 0 radical (unpaired) electrons. The minimum absolute atomic E-state index is 0.0718. The molecule has 2 fully saturated rings. The van der Waals surface area contributed by atoms with Gasteiger partial charge in [0.1, 0.15) is 5.75 Å². The first-order valence-corrected chi connectivity index (χ1v) is 12.0. The highest BCUT2D eigenvalue weighted by Gasteiger charge is 2.46. The lowest BCUT2D eigenvalue weighted by atomic mass is 9.61. The standard InChI is InChI=1S/C26H30O4S/c1-17-7-11-19(12-8-17)31-20-13-9-18(10-14-20)30-26(28)24-16-15-23(25(27)29-2)21-5-3-4-6-22(21)24/h7-14,21-24H,3-6,15-16H2,1-2H3. The highest BCUT2D eigenvalue weighted by molar-refractivity contribution is 7.99. The van der Waals surface area contributed by atoms with Gasteiger partial charge in [-0.3, -0.25) is 9.59 Å². The molecule has 2 saturated carbocycles. The summed E-state index contributed by atoms with van der Waals surface area (Å²) < 4.78 is 10.8. The van der Waals surface area contributed by atoms with Crippen LogP contribution >= 0.6 is 11.8 Å². The number of hydrogen-bond acceptors (Lipinski definition) is 5. The van der Waals surface area contributed by atoms with Crippen molar-refractivity contribution in [1.82, 2.24) is 0 Å². The van der Waals surface area contributed by atoms with Gasteiger partial charge in [0.2, 0.25) is 0 Å². The molecule has 4 nitrogen and oxygen atoms in total. The van der Waals surface area contributed by atoms with E-state index in [0.29, 0.717) is 18.6 Å². The van der Waals surface area contributed by atoms with Gasteiger partial charge in [-0.05, 0) is 80.8 Å². The fourth-order valence-electron chi connectivity index (χ4n) is 5.22. The molecule has 0 spiro atoms. The first kappa shape index (κ1) is 21.9. The average Bonchev–Trinajstić information content (AvgIpc) is 2.80. The Bertz CT molecular complexity index is 906. The number of rotatable bonds is 5. The minimum Gasteiger partial charge on any atom is -0.469 e. The second-order valence-corrected chi connectivity index (χ2v) is 9.88. The van der Waals surface area contributed by atoms with Gasteiger partial charge in [-0.1, -0.05) is 42.3 Å². The number of carbonyl (C=O) groups is 2. The van der Waals surface area contributed by atoms with Gasteiger partial charge in [0, 0.05) is 9.79 Å². The molecule has 2 aliphatic rings. The van der Waals surface area contributed by atoms with Gasteiger partial charge >= 0.3 is 11.9 Å². The Morgan fingerprint density at radius 3 is 1.84 bits per heavy atom. The molecule has 2 aromatic rings. The van der Waals surface area contributed by atoms with E-state index in [1.54, 1.807) is 11.8 Å². The monoisotopic (exact) mass is 438 g/mol. The summed E-state index contributed by atoms with van der Waals surface area (Å²) in [6.45, 7) is 2.08. The first-order valence-electron chi connectivity index (χ1n) is 11.2. The van der Waals surface area contributed by atoms with Gasteiger partial charge in [0.25, 0.3) is 0 Å². The predicted molar refractivity (Wildman–Crippen MR) is 121 cm³/mol. The number of fused-ring (bicyclic) bond motifs is 1. The summed E-state index contributed by atoms with van der Waals surface area (Å²) in [5, 5.41) is 0. The lowest BCUT2D eigenvalue weighted by molar-refractivity contribution is -0.157. The summed E-state index contributed by atoms with van der Waals surface area (Å²) in [6.07, 6.45) is 5.63. The predicted octanol–water partition coefficient (Wildman–Crippen LogP) is 6.06. The maximum absolute atomic E-state index is 13.0. The number of ether oxygens (including phenoxy) is 2. The molecular weight excluding hydrogens is 408 g/mol. The lowest BCUT2D eigenvalue weighted by Crippen LogP contribution is -2.44. The third kappa shape index (κ3) is 5.15. The molecule has 2 aliphatic carbocycles. The van der Waals surface area contributed by atoms with E-state index < -0.39 is 0 Å². The smallest absolute Gasteiger partial charge is 0.314 e. The molecular formula is C26H30O4S. The number of aryl methyl sites for hydroxylation is 1. The second kappa shape index (κ2) is 9.90. The Balaban J connectivity index is 1.39. The average molecular weight is 439 g/mol. The summed E-state index contributed by atoms with van der Waals surface area (Å²) in [5.41, 5.74) is 1.24. The van der Waals surface area contributed by atoms with E-state index in [4.69, 9.17) is 9.47 Å². The molecule has 4 rings (SSSR count). The molecule has 164 valence electrons. The maximum atomic E-state index is 13.0. The Labute approximate surface area is 188 Å². The molecule has 0 saturated heterocycles. The van der Waals surface area contributed by atoms with Gasteiger partial charge in [-0.25, -0.2) is 0 Å². The van der Waals surface area contributed by atoms with E-state index in [-0.39, 0.29) is 35.6 Å². The molecule has 0 aromatic heterocycles. The Morgan fingerprint density at radius 2 is 1.29 bits per heavy atom. The summed E-state index contributed by atoms with van der Waals surface area (Å²) in [5.74, 6) is 0.562. The lowest BCUT2D eigenvalue weighted by Gasteiger charge is -2.43. The van der Waals surface area contributed by atoms with Crippen LogP contribution in [0.1, 0.15) is 44.1 Å². The van der Waals surface area contributed by atoms with Crippen LogP contribution < -0.4 is 4.74 Å². The van der Waals surface area contributed by atoms with Gasteiger partial charge in [0.15, 0.2) is 0 Å². The molecule has 0 N–H and O–H groups in total. The first-order chi connectivity index (χ1) is 15.0. The molecule has 0 heterocycles. The molecule has 0 amide bonds. The second-order valence-electron chi connectivity index (χ2n) is 8.73. The fourth-order valence-corrected chi connectivity index (χ4v) is 6.04. The minimum atomic E-state index is -0.154. The van der Waals surface area contributed by atoms with Gasteiger partial charge in [-0.15, -0.1) is 0 Å². The van der Waals surface area contributed by atoms with Crippen molar-refractivity contribution in [2.24, 2.45) is 23.7 Å². The van der Waals surface area contributed by atoms with Crippen molar-refractivity contribution in [2.75, 3.05) is 7.11 Å². The quantitative estimate of drug-likeness (QED) is 0.420. The highest BCUT2D eigenvalue weighted by atomic mass is 32.2. The van der Waals surface area contributed by atoms with E-state index in [2.05, 4.69) is 31.2 Å². The van der Waals surface area contributed by atoms with E-state index in [0.717, 1.165) is 30.6 Å². The van der Waals surface area contributed by atoms with Crippen LogP contribution in [0.5, 0.6) is 5.75 Å². The van der Waals surface area contributed by atoms with Gasteiger partial charge in [0.05, 0.1) is 18.9 Å². The van der Waals surface area contributed by atoms with E-state index in [9.17, 15) is 9.59 Å². The van der Waals surface area contributed by atoms with Crippen LogP contribution in [0.3, 0.4) is 0 Å². The van der Waals surface area contributed by atoms with Crippen LogP contribution in [0.4, 0.5) is 0 Å². The number of methoxy groups -OCH3 is 1. The Morgan fingerprint density at radius 1 is 0.774 bits per heavy atom. The van der Waals surface area contributed by atoms with Crippen molar-refractivity contribution in [3.63, 3.8) is 0 Å². The summed E-state index contributed by atoms with van der Waals surface area (Å²) in [7, 11) is 1.46. The molecule has 0 bridgehead atoms. The third-order valence-corrected chi connectivity index (χ3v) is 7.82. The number of carbonyl (C=O) groups excluding carboxylic acids is 2. The molecule has 31 heavy (non-hydrogen) atoms. The van der Waals surface area contributed by atoms with E-state index in [1.807, 2.05) is 24.3 Å². The zero-order valence-corrected chi connectivity index (χ0v) is 19.0. The van der Waals surface area contributed by atoms with Crippen LogP contribution in [0.25, 0.3) is 0 Å². The van der Waals surface area contributed by atoms with Crippen LogP contribution in [0, 0.1) is 30.6 Å². The summed E-state index contributed by atoms with van der Waals surface area (Å²) >= 11 is 1.69. The van der Waals surface area contributed by atoms with Gasteiger partial charge < -0.3 is 9.47 Å². The van der Waals surface area contributed by atoms with Crippen molar-refractivity contribution < 1.29 is 19.1 Å². The zero-order valence-electron chi connectivity index (χ0n) is 18.2. The topological polar surface area (TPSA) is 52.6 Å². The Kier molecular flexibility index (Phi) is 7.01. The third-order valence-electron chi connectivity index (χ3n) is 6.80. The van der Waals surface area contributed by atoms with Crippen molar-refractivity contribution in [3.8, 4) is 5.75 Å². The number of esters is 2. The van der Waals surface area contributed by atoms with Crippen LogP contribution in [0.2, 0.25) is 0 Å². The van der Waals surface area contributed by atoms with Crippen LogP contribution in [0.15, 0.2) is 58.3 Å². The summed E-state index contributed by atoms with van der Waals surface area (Å²) in [6, 6.07) is 16.1. The van der Waals surface area contributed by atoms with Crippen molar-refractivity contribution in [2.45, 2.75) is 55.2 Å². The number of hydrogen-bond donors (Lipinski definition) is 0. The van der Waals surface area contributed by atoms with Crippen molar-refractivity contribution >= 4 is 23.7 Å². The largest absolute Gasteiger partial charge is 0.469 e. The van der Waals surface area contributed by atoms with Crippen LogP contribution in [-0.4, -0.2) is 19.0 Å². The highest BCUT2D eigenvalue weighted by Crippen LogP contribution is 2.47. The Hall–Kier alpha value is -2.27. The van der Waals surface area contributed by atoms with Crippen LogP contribution in [-0.2, 0) is 14.3 Å². The van der Waals surface area contributed by atoms with Gasteiger partial charge in [-0.2, -0.15) is 0 Å². The zero-order chi connectivity index (χ0) is 21.8. The molecule has 0 aliphatic heterocycles. The van der Waals surface area contributed by atoms with E-state index in [1.165, 1.54) is 17.6 Å². The maximum Gasteiger partial charge on any atom is 0.314 e. The molecule has 2 aromatic carbocycles. The molecule has 4 unspecified atom stereocenters. The fraction of sp³-hybridized carbons (Fsp3) is 0.462. The van der Waals surface area contributed by atoms with Crippen molar-refractivity contribution in [3.05, 3.63) is 54.1 Å². The normalized spacial score (nSPS) is 25.4.